The van der Waals surface area contributed by atoms with Crippen molar-refractivity contribution in [3.63, 3.8) is 0 Å². The van der Waals surface area contributed by atoms with Gasteiger partial charge in [-0.05, 0) is 30.9 Å². The summed E-state index contributed by atoms with van der Waals surface area (Å²) in [6, 6.07) is 3.60. The summed E-state index contributed by atoms with van der Waals surface area (Å²) >= 11 is 0. The van der Waals surface area contributed by atoms with Gasteiger partial charge in [0, 0.05) is 25.9 Å². The molecule has 0 aromatic carbocycles. The van der Waals surface area contributed by atoms with E-state index in [1.807, 2.05) is 6.07 Å². The van der Waals surface area contributed by atoms with Crippen LogP contribution < -0.4 is 10.6 Å². The average Bonchev–Trinajstić information content (AvgIpc) is 2.39. The number of amidine groups is 1. The number of pyridine rings is 1. The Morgan fingerprint density at radius 2 is 2.47 bits per heavy atom. The Hall–Kier alpha value is -1.62. The van der Waals surface area contributed by atoms with Crippen LogP contribution in [0, 0.1) is 11.3 Å². The number of nitrogens with two attached hydrogens (primary N) is 1. The summed E-state index contributed by atoms with van der Waals surface area (Å²) in [6.07, 6.45) is 3.80. The van der Waals surface area contributed by atoms with Crippen LogP contribution in [-0.2, 0) is 0 Å². The highest BCUT2D eigenvalue weighted by atomic mass is 16.3. The van der Waals surface area contributed by atoms with E-state index < -0.39 is 0 Å². The Labute approximate surface area is 101 Å². The molecule has 1 fully saturated rings. The maximum absolute atomic E-state index is 9.22. The molecule has 0 saturated carbocycles. The normalized spacial score (nSPS) is 20.3. The van der Waals surface area contributed by atoms with E-state index in [1.54, 1.807) is 12.3 Å². The van der Waals surface area contributed by atoms with Crippen LogP contribution >= 0.6 is 0 Å². The molecule has 4 N–H and O–H groups in total. The minimum atomic E-state index is 0.0409. The van der Waals surface area contributed by atoms with Crippen LogP contribution in [0.5, 0.6) is 0 Å². The predicted octanol–water partition coefficient (Wildman–Crippen LogP) is 0.574. The van der Waals surface area contributed by atoms with Gasteiger partial charge in [-0.15, -0.1) is 0 Å². The lowest BCUT2D eigenvalue weighted by Gasteiger charge is -2.33. The Kier molecular flexibility index (Phi) is 3.58. The summed E-state index contributed by atoms with van der Waals surface area (Å²) in [5.41, 5.74) is 6.23. The Balaban J connectivity index is 2.24. The molecule has 1 aromatic rings. The highest BCUT2D eigenvalue weighted by molar-refractivity contribution is 5.99. The number of rotatable bonds is 3. The second-order valence-electron chi connectivity index (χ2n) is 4.43. The molecule has 1 saturated heterocycles. The lowest BCUT2D eigenvalue weighted by atomic mass is 9.98. The van der Waals surface area contributed by atoms with Crippen LogP contribution in [0.15, 0.2) is 18.3 Å². The van der Waals surface area contributed by atoms with Crippen molar-refractivity contribution in [3.05, 3.63) is 23.9 Å². The van der Waals surface area contributed by atoms with Gasteiger partial charge in [0.2, 0.25) is 0 Å². The van der Waals surface area contributed by atoms with Crippen LogP contribution in [0.4, 0.5) is 5.82 Å². The molecule has 0 amide bonds. The quantitative estimate of drug-likeness (QED) is 0.527. The van der Waals surface area contributed by atoms with Gasteiger partial charge in [-0.2, -0.15) is 0 Å². The summed E-state index contributed by atoms with van der Waals surface area (Å²) in [6.45, 7) is 1.90. The summed E-state index contributed by atoms with van der Waals surface area (Å²) in [4.78, 5) is 6.43. The lowest BCUT2D eigenvalue weighted by molar-refractivity contribution is 0.208. The molecular formula is C12H18N4O. The van der Waals surface area contributed by atoms with E-state index in [0.29, 0.717) is 11.5 Å². The van der Waals surface area contributed by atoms with Gasteiger partial charge in [-0.3, -0.25) is 5.41 Å². The van der Waals surface area contributed by atoms with Crippen LogP contribution in [0.25, 0.3) is 0 Å². The summed E-state index contributed by atoms with van der Waals surface area (Å²) in [7, 11) is 0. The number of aliphatic hydroxyl groups excluding tert-OH is 1. The van der Waals surface area contributed by atoms with Crippen molar-refractivity contribution >= 4 is 11.7 Å². The second-order valence-corrected chi connectivity index (χ2v) is 4.43. The predicted molar refractivity (Wildman–Crippen MR) is 67.3 cm³/mol. The number of anilines is 1. The zero-order valence-corrected chi connectivity index (χ0v) is 9.76. The van der Waals surface area contributed by atoms with Crippen LogP contribution in [-0.4, -0.2) is 35.6 Å². The number of aromatic nitrogens is 1. The van der Waals surface area contributed by atoms with E-state index in [-0.39, 0.29) is 12.4 Å². The molecule has 2 rings (SSSR count). The van der Waals surface area contributed by atoms with Gasteiger partial charge in [0.25, 0.3) is 0 Å². The number of nitrogens with one attached hydrogen (secondary N) is 1. The smallest absolute Gasteiger partial charge is 0.139 e. The van der Waals surface area contributed by atoms with Gasteiger partial charge in [-0.25, -0.2) is 4.98 Å². The highest BCUT2D eigenvalue weighted by Gasteiger charge is 2.22. The molecule has 5 heteroatoms. The monoisotopic (exact) mass is 234 g/mol. The van der Waals surface area contributed by atoms with E-state index in [4.69, 9.17) is 11.1 Å². The third-order valence-corrected chi connectivity index (χ3v) is 3.15. The fourth-order valence-electron chi connectivity index (χ4n) is 2.27. The molecule has 92 valence electrons. The summed E-state index contributed by atoms with van der Waals surface area (Å²) in [5.74, 6) is 1.10. The largest absolute Gasteiger partial charge is 0.396 e. The first-order valence-electron chi connectivity index (χ1n) is 5.87. The van der Waals surface area contributed by atoms with E-state index in [9.17, 15) is 5.11 Å². The van der Waals surface area contributed by atoms with Gasteiger partial charge in [0.1, 0.15) is 11.7 Å². The first kappa shape index (κ1) is 11.9. The maximum Gasteiger partial charge on any atom is 0.139 e. The van der Waals surface area contributed by atoms with Crippen molar-refractivity contribution in [1.82, 2.24) is 4.98 Å². The minimum Gasteiger partial charge on any atom is -0.396 e. The fraction of sp³-hybridized carbons (Fsp3) is 0.500. The van der Waals surface area contributed by atoms with Crippen LogP contribution in [0.3, 0.4) is 0 Å². The molecular weight excluding hydrogens is 216 g/mol. The molecule has 5 nitrogen and oxygen atoms in total. The Morgan fingerprint density at radius 1 is 1.65 bits per heavy atom. The maximum atomic E-state index is 9.22. The third kappa shape index (κ3) is 2.55. The fourth-order valence-corrected chi connectivity index (χ4v) is 2.27. The lowest BCUT2D eigenvalue weighted by Crippen LogP contribution is -2.38. The van der Waals surface area contributed by atoms with Crippen molar-refractivity contribution < 1.29 is 5.11 Å². The van der Waals surface area contributed by atoms with Crippen molar-refractivity contribution in [2.45, 2.75) is 12.8 Å². The molecule has 1 aliphatic heterocycles. The van der Waals surface area contributed by atoms with Crippen molar-refractivity contribution in [2.24, 2.45) is 11.7 Å². The average molecular weight is 234 g/mol. The molecule has 2 heterocycles. The number of nitrogens with zero attached hydrogens (tertiary/aromatic N) is 2. The summed E-state index contributed by atoms with van der Waals surface area (Å²) < 4.78 is 0. The number of hydrogen-bond acceptors (Lipinski definition) is 4. The van der Waals surface area contributed by atoms with Gasteiger partial charge < -0.3 is 15.7 Å². The van der Waals surface area contributed by atoms with Crippen molar-refractivity contribution in [1.29, 1.82) is 5.41 Å². The molecule has 0 spiro atoms. The van der Waals surface area contributed by atoms with Crippen molar-refractivity contribution in [3.8, 4) is 0 Å². The number of nitrogen functional groups attached to an aromatic ring is 1. The molecule has 1 aliphatic rings. The first-order valence-corrected chi connectivity index (χ1v) is 5.87. The topological polar surface area (TPSA) is 86.2 Å². The van der Waals surface area contributed by atoms with Crippen LogP contribution in [0.1, 0.15) is 18.4 Å². The van der Waals surface area contributed by atoms with Gasteiger partial charge >= 0.3 is 0 Å². The molecule has 1 aromatic heterocycles. The Bertz CT molecular complexity index is 407. The standard InChI is InChI=1S/C12H18N4O/c13-11(14)10-4-1-5-15-12(10)16-6-2-3-9(7-16)8-17/h1,4-5,9,17H,2-3,6-8H2,(H3,13,14). The number of piperidine rings is 1. The zero-order valence-electron chi connectivity index (χ0n) is 9.76. The first-order chi connectivity index (χ1) is 8.22. The highest BCUT2D eigenvalue weighted by Crippen LogP contribution is 2.23. The molecule has 17 heavy (non-hydrogen) atoms. The zero-order chi connectivity index (χ0) is 12.3. The third-order valence-electron chi connectivity index (χ3n) is 3.15. The van der Waals surface area contributed by atoms with Crippen molar-refractivity contribution in [2.75, 3.05) is 24.6 Å². The molecule has 0 radical (unpaired) electrons. The molecule has 1 unspecified atom stereocenters. The van der Waals surface area contributed by atoms with Crippen LogP contribution in [0.2, 0.25) is 0 Å². The number of hydrogen-bond donors (Lipinski definition) is 3. The second kappa shape index (κ2) is 5.14. The number of aliphatic hydroxyl groups is 1. The van der Waals surface area contributed by atoms with Gasteiger partial charge in [0.15, 0.2) is 0 Å². The molecule has 0 bridgehead atoms. The Morgan fingerprint density at radius 3 is 3.18 bits per heavy atom. The van der Waals surface area contributed by atoms with E-state index in [0.717, 1.165) is 31.7 Å². The minimum absolute atomic E-state index is 0.0409. The molecule has 1 atom stereocenters. The summed E-state index contributed by atoms with van der Waals surface area (Å²) in [5, 5.41) is 16.8. The van der Waals surface area contributed by atoms with Gasteiger partial charge in [-0.1, -0.05) is 0 Å². The molecule has 0 aliphatic carbocycles. The SMILES string of the molecule is N=C(N)c1cccnc1N1CCCC(CO)C1. The van der Waals surface area contributed by atoms with E-state index in [2.05, 4.69) is 9.88 Å². The van der Waals surface area contributed by atoms with E-state index >= 15 is 0 Å². The van der Waals surface area contributed by atoms with E-state index in [1.165, 1.54) is 0 Å². The van der Waals surface area contributed by atoms with Gasteiger partial charge in [0.05, 0.1) is 5.56 Å².